The summed E-state index contributed by atoms with van der Waals surface area (Å²) in [4.78, 5) is 0. The Kier molecular flexibility index (Phi) is 1.74. The van der Waals surface area contributed by atoms with Crippen molar-refractivity contribution in [2.24, 2.45) is 0 Å². The maximum Gasteiger partial charge on any atom is 0.0504 e. The third-order valence-electron chi connectivity index (χ3n) is 1.91. The third kappa shape index (κ3) is 1.09. The quantitative estimate of drug-likeness (QED) is 0.585. The van der Waals surface area contributed by atoms with Crippen LogP contribution in [0.1, 0.15) is 24.4 Å². The molecule has 53 valence electrons. The van der Waals surface area contributed by atoms with Crippen LogP contribution >= 0.6 is 11.3 Å². The van der Waals surface area contributed by atoms with E-state index in [0.29, 0.717) is 6.04 Å². The molecule has 1 unspecified atom stereocenters. The van der Waals surface area contributed by atoms with Crippen LogP contribution in [0.3, 0.4) is 0 Å². The van der Waals surface area contributed by atoms with Gasteiger partial charge in [0, 0.05) is 6.54 Å². The SMILES string of the molecule is c1cc(C2CCC[N]2)cs1. The molecule has 1 aliphatic rings. The molecule has 0 N–H and O–H groups in total. The molecule has 1 atom stereocenters. The smallest absolute Gasteiger partial charge is 0.0504 e. The van der Waals surface area contributed by atoms with Crippen molar-refractivity contribution in [1.29, 1.82) is 0 Å². The fourth-order valence-corrected chi connectivity index (χ4v) is 2.07. The molecular weight excluding hydrogens is 142 g/mol. The highest BCUT2D eigenvalue weighted by atomic mass is 32.1. The van der Waals surface area contributed by atoms with E-state index < -0.39 is 0 Å². The predicted octanol–water partition coefficient (Wildman–Crippen LogP) is 2.19. The van der Waals surface area contributed by atoms with Crippen molar-refractivity contribution in [1.82, 2.24) is 5.32 Å². The van der Waals surface area contributed by atoms with E-state index in [1.807, 2.05) is 0 Å². The van der Waals surface area contributed by atoms with Gasteiger partial charge in [-0.2, -0.15) is 11.3 Å². The molecular formula is C8H10NS. The van der Waals surface area contributed by atoms with E-state index in [2.05, 4.69) is 22.1 Å². The topological polar surface area (TPSA) is 14.1 Å². The summed E-state index contributed by atoms with van der Waals surface area (Å²) >= 11 is 1.77. The first-order valence-electron chi connectivity index (χ1n) is 3.65. The molecule has 1 aliphatic heterocycles. The lowest BCUT2D eigenvalue weighted by Gasteiger charge is -2.03. The van der Waals surface area contributed by atoms with Crippen LogP contribution in [0.4, 0.5) is 0 Å². The Morgan fingerprint density at radius 3 is 3.20 bits per heavy atom. The summed E-state index contributed by atoms with van der Waals surface area (Å²) in [5.74, 6) is 0. The minimum absolute atomic E-state index is 0.534. The van der Waals surface area contributed by atoms with Gasteiger partial charge in [0.25, 0.3) is 0 Å². The van der Waals surface area contributed by atoms with Crippen LogP contribution in [0, 0.1) is 0 Å². The Morgan fingerprint density at radius 1 is 1.60 bits per heavy atom. The molecule has 0 spiro atoms. The molecule has 1 fully saturated rings. The molecule has 0 bridgehead atoms. The zero-order valence-electron chi connectivity index (χ0n) is 5.79. The summed E-state index contributed by atoms with van der Waals surface area (Å²) in [6.07, 6.45) is 2.54. The third-order valence-corrected chi connectivity index (χ3v) is 2.61. The molecule has 1 aromatic rings. The monoisotopic (exact) mass is 152 g/mol. The zero-order valence-corrected chi connectivity index (χ0v) is 6.60. The second kappa shape index (κ2) is 2.72. The summed E-state index contributed by atoms with van der Waals surface area (Å²) in [5.41, 5.74) is 1.42. The lowest BCUT2D eigenvalue weighted by molar-refractivity contribution is 0.637. The number of rotatable bonds is 1. The number of hydrogen-bond acceptors (Lipinski definition) is 1. The zero-order chi connectivity index (χ0) is 6.81. The molecule has 2 heterocycles. The van der Waals surface area contributed by atoms with E-state index in [1.165, 1.54) is 18.4 Å². The molecule has 10 heavy (non-hydrogen) atoms. The molecule has 1 saturated heterocycles. The highest BCUT2D eigenvalue weighted by Gasteiger charge is 2.16. The molecule has 0 aromatic carbocycles. The van der Waals surface area contributed by atoms with Gasteiger partial charge in [0.05, 0.1) is 6.04 Å². The van der Waals surface area contributed by atoms with Gasteiger partial charge in [-0.3, -0.25) is 0 Å². The van der Waals surface area contributed by atoms with Crippen molar-refractivity contribution in [2.45, 2.75) is 18.9 Å². The van der Waals surface area contributed by atoms with Crippen LogP contribution < -0.4 is 5.32 Å². The Labute approximate surface area is 65.1 Å². The van der Waals surface area contributed by atoms with Crippen LogP contribution in [0.15, 0.2) is 16.8 Å². The van der Waals surface area contributed by atoms with Crippen molar-refractivity contribution in [3.63, 3.8) is 0 Å². The van der Waals surface area contributed by atoms with E-state index in [9.17, 15) is 0 Å². The second-order valence-corrected chi connectivity index (χ2v) is 3.40. The van der Waals surface area contributed by atoms with E-state index in [4.69, 9.17) is 0 Å². The van der Waals surface area contributed by atoms with Gasteiger partial charge in [-0.25, -0.2) is 5.32 Å². The minimum atomic E-state index is 0.534. The van der Waals surface area contributed by atoms with Crippen molar-refractivity contribution in [3.8, 4) is 0 Å². The van der Waals surface area contributed by atoms with Gasteiger partial charge in [0.2, 0.25) is 0 Å². The molecule has 0 amide bonds. The van der Waals surface area contributed by atoms with Gasteiger partial charge >= 0.3 is 0 Å². The number of nitrogens with zero attached hydrogens (tertiary/aromatic N) is 1. The first kappa shape index (κ1) is 6.38. The molecule has 1 radical (unpaired) electrons. The lowest BCUT2D eigenvalue weighted by atomic mass is 10.1. The minimum Gasteiger partial charge on any atom is -0.234 e. The fraction of sp³-hybridized carbons (Fsp3) is 0.500. The van der Waals surface area contributed by atoms with Gasteiger partial charge in [0.15, 0.2) is 0 Å². The van der Waals surface area contributed by atoms with Gasteiger partial charge in [-0.05, 0) is 35.2 Å². The standard InChI is InChI=1S/C8H10NS/c1-2-8(9-4-1)7-3-5-10-6-7/h3,5-6,8H,1-2,4H2. The van der Waals surface area contributed by atoms with Crippen LogP contribution in [-0.4, -0.2) is 6.54 Å². The Bertz CT molecular complexity index is 187. The van der Waals surface area contributed by atoms with E-state index >= 15 is 0 Å². The second-order valence-electron chi connectivity index (χ2n) is 2.62. The molecule has 2 rings (SSSR count). The normalized spacial score (nSPS) is 25.4. The van der Waals surface area contributed by atoms with Crippen molar-refractivity contribution >= 4 is 11.3 Å². The van der Waals surface area contributed by atoms with E-state index in [0.717, 1.165) is 6.54 Å². The molecule has 0 saturated carbocycles. The molecule has 2 heteroatoms. The average Bonchev–Trinajstić information content (AvgIpc) is 2.59. The Morgan fingerprint density at radius 2 is 2.60 bits per heavy atom. The van der Waals surface area contributed by atoms with Gasteiger partial charge in [0.1, 0.15) is 0 Å². The number of thiophene rings is 1. The highest BCUT2D eigenvalue weighted by molar-refractivity contribution is 7.07. The highest BCUT2D eigenvalue weighted by Crippen LogP contribution is 2.25. The van der Waals surface area contributed by atoms with Crippen molar-refractivity contribution in [2.75, 3.05) is 6.54 Å². The maximum atomic E-state index is 4.48. The molecule has 0 aliphatic carbocycles. The average molecular weight is 152 g/mol. The first-order valence-corrected chi connectivity index (χ1v) is 4.60. The van der Waals surface area contributed by atoms with Crippen LogP contribution in [0.25, 0.3) is 0 Å². The van der Waals surface area contributed by atoms with Crippen LogP contribution in [-0.2, 0) is 0 Å². The first-order chi connectivity index (χ1) is 4.97. The molecule has 1 aromatic heterocycles. The van der Waals surface area contributed by atoms with Crippen molar-refractivity contribution < 1.29 is 0 Å². The summed E-state index contributed by atoms with van der Waals surface area (Å²) in [5, 5.41) is 8.82. The summed E-state index contributed by atoms with van der Waals surface area (Å²) in [6, 6.07) is 2.72. The maximum absolute atomic E-state index is 4.48. The fourth-order valence-electron chi connectivity index (χ4n) is 1.36. The Hall–Kier alpha value is -0.340. The largest absolute Gasteiger partial charge is 0.234 e. The number of hydrogen-bond donors (Lipinski definition) is 0. The summed E-state index contributed by atoms with van der Waals surface area (Å²) < 4.78 is 0. The summed E-state index contributed by atoms with van der Waals surface area (Å²) in [7, 11) is 0. The van der Waals surface area contributed by atoms with Crippen LogP contribution in [0.2, 0.25) is 0 Å². The van der Waals surface area contributed by atoms with Crippen LogP contribution in [0.5, 0.6) is 0 Å². The van der Waals surface area contributed by atoms with Crippen molar-refractivity contribution in [3.05, 3.63) is 22.4 Å². The van der Waals surface area contributed by atoms with Gasteiger partial charge < -0.3 is 0 Å². The Balaban J connectivity index is 2.12. The van der Waals surface area contributed by atoms with E-state index in [-0.39, 0.29) is 0 Å². The van der Waals surface area contributed by atoms with Gasteiger partial charge in [-0.1, -0.05) is 0 Å². The summed E-state index contributed by atoms with van der Waals surface area (Å²) in [6.45, 7) is 1.07. The van der Waals surface area contributed by atoms with Gasteiger partial charge in [-0.15, -0.1) is 0 Å². The van der Waals surface area contributed by atoms with E-state index in [1.54, 1.807) is 11.3 Å². The molecule has 1 nitrogen and oxygen atoms in total. The predicted molar refractivity (Wildman–Crippen MR) is 43.3 cm³/mol. The lowest BCUT2D eigenvalue weighted by Crippen LogP contribution is -2.03.